The standard InChI is InChI=1S/C17H25N5OS/c1-3-16-19-15(13-24-16)9-17(23)22-6-4-5-21(7-8-22)12-14-10-18-20(2)11-14/h10-11,13H,3-9,12H2,1-2H3. The minimum absolute atomic E-state index is 0.200. The van der Waals surface area contributed by atoms with Gasteiger partial charge in [0.25, 0.3) is 0 Å². The summed E-state index contributed by atoms with van der Waals surface area (Å²) in [5, 5.41) is 7.35. The topological polar surface area (TPSA) is 54.3 Å². The Balaban J connectivity index is 1.51. The molecule has 1 fully saturated rings. The molecule has 0 spiro atoms. The van der Waals surface area contributed by atoms with E-state index in [2.05, 4.69) is 28.1 Å². The van der Waals surface area contributed by atoms with Gasteiger partial charge >= 0.3 is 0 Å². The van der Waals surface area contributed by atoms with Crippen molar-refractivity contribution in [3.8, 4) is 0 Å². The molecule has 0 N–H and O–H groups in total. The molecular weight excluding hydrogens is 322 g/mol. The van der Waals surface area contributed by atoms with E-state index < -0.39 is 0 Å². The molecule has 0 atom stereocenters. The van der Waals surface area contributed by atoms with Crippen LogP contribution in [0.2, 0.25) is 0 Å². The second kappa shape index (κ2) is 7.90. The summed E-state index contributed by atoms with van der Waals surface area (Å²) < 4.78 is 1.83. The Kier molecular flexibility index (Phi) is 5.63. The molecule has 1 saturated heterocycles. The van der Waals surface area contributed by atoms with Gasteiger partial charge in [-0.15, -0.1) is 11.3 Å². The van der Waals surface area contributed by atoms with Gasteiger partial charge in [-0.2, -0.15) is 5.10 Å². The maximum atomic E-state index is 12.5. The van der Waals surface area contributed by atoms with E-state index in [0.717, 1.165) is 56.3 Å². The van der Waals surface area contributed by atoms with Gasteiger partial charge in [-0.3, -0.25) is 14.4 Å². The third-order valence-electron chi connectivity index (χ3n) is 4.34. The zero-order valence-corrected chi connectivity index (χ0v) is 15.3. The summed E-state index contributed by atoms with van der Waals surface area (Å²) in [5.41, 5.74) is 2.14. The van der Waals surface area contributed by atoms with Crippen LogP contribution < -0.4 is 0 Å². The van der Waals surface area contributed by atoms with Crippen LogP contribution in [0.3, 0.4) is 0 Å². The minimum atomic E-state index is 0.200. The maximum absolute atomic E-state index is 12.5. The smallest absolute Gasteiger partial charge is 0.228 e. The highest BCUT2D eigenvalue weighted by atomic mass is 32.1. The molecule has 24 heavy (non-hydrogen) atoms. The zero-order valence-electron chi connectivity index (χ0n) is 14.4. The first-order valence-corrected chi connectivity index (χ1v) is 9.43. The Morgan fingerprint density at radius 3 is 2.88 bits per heavy atom. The van der Waals surface area contributed by atoms with Crippen LogP contribution in [0.1, 0.15) is 29.6 Å². The molecule has 1 aliphatic heterocycles. The zero-order chi connectivity index (χ0) is 16.9. The number of carbonyl (C=O) groups excluding carboxylic acids is 1. The molecular formula is C17H25N5OS. The van der Waals surface area contributed by atoms with Crippen molar-refractivity contribution in [1.82, 2.24) is 24.6 Å². The van der Waals surface area contributed by atoms with E-state index in [4.69, 9.17) is 0 Å². The lowest BCUT2D eigenvalue weighted by Gasteiger charge is -2.21. The third-order valence-corrected chi connectivity index (χ3v) is 5.38. The fourth-order valence-electron chi connectivity index (χ4n) is 3.05. The molecule has 0 unspecified atom stereocenters. The largest absolute Gasteiger partial charge is 0.341 e. The molecule has 0 aromatic carbocycles. The van der Waals surface area contributed by atoms with E-state index in [1.54, 1.807) is 11.3 Å². The van der Waals surface area contributed by atoms with Crippen LogP contribution in [-0.2, 0) is 31.2 Å². The second-order valence-electron chi connectivity index (χ2n) is 6.30. The SMILES string of the molecule is CCc1nc(CC(=O)N2CCCN(Cc3cnn(C)c3)CC2)cs1. The molecule has 0 saturated carbocycles. The van der Waals surface area contributed by atoms with E-state index in [1.807, 2.05) is 28.2 Å². The summed E-state index contributed by atoms with van der Waals surface area (Å²) in [6, 6.07) is 0. The van der Waals surface area contributed by atoms with Crippen LogP contribution in [0.4, 0.5) is 0 Å². The number of rotatable bonds is 5. The van der Waals surface area contributed by atoms with Crippen molar-refractivity contribution in [2.24, 2.45) is 7.05 Å². The number of hydrogen-bond acceptors (Lipinski definition) is 5. The van der Waals surface area contributed by atoms with Gasteiger partial charge < -0.3 is 4.90 Å². The van der Waals surface area contributed by atoms with Crippen LogP contribution in [0.25, 0.3) is 0 Å². The summed E-state index contributed by atoms with van der Waals surface area (Å²) in [4.78, 5) is 21.5. The lowest BCUT2D eigenvalue weighted by molar-refractivity contribution is -0.130. The summed E-state index contributed by atoms with van der Waals surface area (Å²) in [5.74, 6) is 0.200. The average molecular weight is 347 g/mol. The first-order valence-electron chi connectivity index (χ1n) is 8.55. The Bertz CT molecular complexity index is 680. The van der Waals surface area contributed by atoms with Gasteiger partial charge in [0, 0.05) is 56.9 Å². The summed E-state index contributed by atoms with van der Waals surface area (Å²) >= 11 is 1.65. The molecule has 3 rings (SSSR count). The van der Waals surface area contributed by atoms with Crippen LogP contribution >= 0.6 is 11.3 Å². The molecule has 0 bridgehead atoms. The number of hydrogen-bond donors (Lipinski definition) is 0. The van der Waals surface area contributed by atoms with Crippen LogP contribution in [0.15, 0.2) is 17.8 Å². The molecule has 0 radical (unpaired) electrons. The first kappa shape index (κ1) is 17.1. The lowest BCUT2D eigenvalue weighted by atomic mass is 10.3. The van der Waals surface area contributed by atoms with Crippen LogP contribution in [0, 0.1) is 0 Å². The summed E-state index contributed by atoms with van der Waals surface area (Å²) in [6.07, 6.45) is 6.36. The summed E-state index contributed by atoms with van der Waals surface area (Å²) in [6.45, 7) is 6.57. The van der Waals surface area contributed by atoms with E-state index in [1.165, 1.54) is 5.56 Å². The van der Waals surface area contributed by atoms with Gasteiger partial charge in [-0.05, 0) is 12.8 Å². The Labute approximate surface area is 147 Å². The van der Waals surface area contributed by atoms with Gasteiger partial charge in [0.05, 0.1) is 23.3 Å². The molecule has 1 aliphatic rings. The highest BCUT2D eigenvalue weighted by Gasteiger charge is 2.20. The van der Waals surface area contributed by atoms with Gasteiger partial charge in [-0.25, -0.2) is 4.98 Å². The molecule has 7 heteroatoms. The third kappa shape index (κ3) is 4.42. The van der Waals surface area contributed by atoms with Crippen molar-refractivity contribution in [2.75, 3.05) is 26.2 Å². The van der Waals surface area contributed by atoms with Crippen molar-refractivity contribution in [3.05, 3.63) is 34.0 Å². The average Bonchev–Trinajstić information content (AvgIpc) is 3.11. The number of amides is 1. The molecule has 3 heterocycles. The lowest BCUT2D eigenvalue weighted by Crippen LogP contribution is -2.36. The molecule has 0 aliphatic carbocycles. The number of aromatic nitrogens is 3. The number of nitrogens with zero attached hydrogens (tertiary/aromatic N) is 5. The van der Waals surface area contributed by atoms with E-state index >= 15 is 0 Å². The highest BCUT2D eigenvalue weighted by molar-refractivity contribution is 7.09. The predicted molar refractivity (Wildman–Crippen MR) is 94.9 cm³/mol. The van der Waals surface area contributed by atoms with Gasteiger partial charge in [-0.1, -0.05) is 6.92 Å². The fourth-order valence-corrected chi connectivity index (χ4v) is 3.79. The minimum Gasteiger partial charge on any atom is -0.341 e. The Hall–Kier alpha value is -1.73. The molecule has 2 aromatic rings. The van der Waals surface area contributed by atoms with E-state index in [-0.39, 0.29) is 5.91 Å². The molecule has 6 nitrogen and oxygen atoms in total. The maximum Gasteiger partial charge on any atom is 0.228 e. The van der Waals surface area contributed by atoms with Crippen molar-refractivity contribution in [1.29, 1.82) is 0 Å². The Morgan fingerprint density at radius 1 is 1.29 bits per heavy atom. The number of carbonyl (C=O) groups is 1. The van der Waals surface area contributed by atoms with Crippen molar-refractivity contribution in [2.45, 2.75) is 32.7 Å². The molecule has 2 aromatic heterocycles. The van der Waals surface area contributed by atoms with Gasteiger partial charge in [0.1, 0.15) is 0 Å². The number of thiazole rings is 1. The normalized spacial score (nSPS) is 16.3. The van der Waals surface area contributed by atoms with Gasteiger partial charge in [0.15, 0.2) is 0 Å². The summed E-state index contributed by atoms with van der Waals surface area (Å²) in [7, 11) is 1.94. The van der Waals surface area contributed by atoms with Crippen molar-refractivity contribution < 1.29 is 4.79 Å². The van der Waals surface area contributed by atoms with E-state index in [0.29, 0.717) is 6.42 Å². The number of aryl methyl sites for hydroxylation is 2. The van der Waals surface area contributed by atoms with Gasteiger partial charge in [0.2, 0.25) is 5.91 Å². The van der Waals surface area contributed by atoms with E-state index in [9.17, 15) is 4.79 Å². The second-order valence-corrected chi connectivity index (χ2v) is 7.24. The highest BCUT2D eigenvalue weighted by Crippen LogP contribution is 2.13. The van der Waals surface area contributed by atoms with Crippen LogP contribution in [0.5, 0.6) is 0 Å². The van der Waals surface area contributed by atoms with Crippen molar-refractivity contribution >= 4 is 17.2 Å². The quantitative estimate of drug-likeness (QED) is 0.826. The Morgan fingerprint density at radius 2 is 2.17 bits per heavy atom. The van der Waals surface area contributed by atoms with Crippen LogP contribution in [-0.4, -0.2) is 56.7 Å². The monoisotopic (exact) mass is 347 g/mol. The fraction of sp³-hybridized carbons (Fsp3) is 0.588. The van der Waals surface area contributed by atoms with Crippen molar-refractivity contribution in [3.63, 3.8) is 0 Å². The first-order chi connectivity index (χ1) is 11.6. The molecule has 1 amide bonds. The molecule has 130 valence electrons. The predicted octanol–water partition coefficient (Wildman–Crippen LogP) is 1.72.